The van der Waals surface area contributed by atoms with Crippen LogP contribution in [0.3, 0.4) is 0 Å². The number of likely N-dealkylation sites (tertiary alicyclic amines) is 1. The summed E-state index contributed by atoms with van der Waals surface area (Å²) in [4.78, 5) is 16.4. The number of nitrogens with zero attached hydrogens (tertiary/aromatic N) is 1. The molecule has 2 N–H and O–H groups in total. The van der Waals surface area contributed by atoms with Gasteiger partial charge in [0, 0.05) is 35.1 Å². The zero-order valence-corrected chi connectivity index (χ0v) is 16.7. The second-order valence-electron chi connectivity index (χ2n) is 7.52. The maximum atomic E-state index is 12.7. The number of thiophene rings is 1. The average Bonchev–Trinajstić information content (AvgIpc) is 3.13. The first-order valence-electron chi connectivity index (χ1n) is 9.30. The van der Waals surface area contributed by atoms with Crippen molar-refractivity contribution in [2.24, 2.45) is 0 Å². The van der Waals surface area contributed by atoms with Crippen LogP contribution >= 0.6 is 11.3 Å². The predicted octanol–water partition coefficient (Wildman–Crippen LogP) is 3.26. The molecule has 2 heterocycles. The first kappa shape index (κ1) is 19.6. The van der Waals surface area contributed by atoms with Gasteiger partial charge in [-0.1, -0.05) is 24.0 Å². The van der Waals surface area contributed by atoms with Crippen LogP contribution in [0.1, 0.15) is 47.5 Å². The second-order valence-corrected chi connectivity index (χ2v) is 8.55. The number of aliphatic hydroxyl groups is 1. The Labute approximate surface area is 165 Å². The number of rotatable bonds is 4. The van der Waals surface area contributed by atoms with E-state index in [-0.39, 0.29) is 11.9 Å². The minimum absolute atomic E-state index is 0.0649. The van der Waals surface area contributed by atoms with Gasteiger partial charge < -0.3 is 10.4 Å². The Kier molecular flexibility index (Phi) is 6.33. The molecule has 1 amide bonds. The topological polar surface area (TPSA) is 52.6 Å². The molecule has 27 heavy (non-hydrogen) atoms. The van der Waals surface area contributed by atoms with Crippen LogP contribution in [0.5, 0.6) is 0 Å². The lowest BCUT2D eigenvalue weighted by atomic mass is 10.0. The summed E-state index contributed by atoms with van der Waals surface area (Å²) in [6, 6.07) is 11.7. The molecule has 1 saturated heterocycles. The highest BCUT2D eigenvalue weighted by atomic mass is 32.1. The number of carbonyl (C=O) groups excluding carboxylic acids is 1. The molecule has 1 aromatic carbocycles. The molecule has 4 nitrogen and oxygen atoms in total. The van der Waals surface area contributed by atoms with Crippen LogP contribution in [0.4, 0.5) is 0 Å². The molecule has 0 radical (unpaired) electrons. The van der Waals surface area contributed by atoms with Gasteiger partial charge in [-0.15, -0.1) is 11.3 Å². The molecule has 0 unspecified atom stereocenters. The maximum Gasteiger partial charge on any atom is 0.251 e. The van der Waals surface area contributed by atoms with Crippen LogP contribution < -0.4 is 5.32 Å². The molecule has 0 saturated carbocycles. The summed E-state index contributed by atoms with van der Waals surface area (Å²) in [6.45, 7) is 6.18. The quantitative estimate of drug-likeness (QED) is 0.798. The van der Waals surface area contributed by atoms with Gasteiger partial charge in [0.15, 0.2) is 0 Å². The Morgan fingerprint density at radius 2 is 2.22 bits per heavy atom. The third-order valence-electron chi connectivity index (χ3n) is 4.44. The van der Waals surface area contributed by atoms with E-state index < -0.39 is 5.60 Å². The van der Waals surface area contributed by atoms with Gasteiger partial charge in [-0.25, -0.2) is 0 Å². The van der Waals surface area contributed by atoms with Gasteiger partial charge >= 0.3 is 0 Å². The fraction of sp³-hybridized carbons (Fsp3) is 0.409. The van der Waals surface area contributed by atoms with E-state index in [0.29, 0.717) is 5.56 Å². The summed E-state index contributed by atoms with van der Waals surface area (Å²) in [6.07, 6.45) is 2.10. The normalized spacial score (nSPS) is 17.8. The summed E-state index contributed by atoms with van der Waals surface area (Å²) in [5.74, 6) is 5.64. The number of piperidine rings is 1. The molecule has 0 bridgehead atoms. The Morgan fingerprint density at radius 3 is 2.96 bits per heavy atom. The highest BCUT2D eigenvalue weighted by molar-refractivity contribution is 7.09. The van der Waals surface area contributed by atoms with Crippen molar-refractivity contribution in [2.75, 3.05) is 13.1 Å². The van der Waals surface area contributed by atoms with Crippen LogP contribution in [0.15, 0.2) is 41.8 Å². The molecule has 0 spiro atoms. The van der Waals surface area contributed by atoms with Crippen LogP contribution in [-0.4, -0.2) is 40.6 Å². The van der Waals surface area contributed by atoms with Crippen molar-refractivity contribution >= 4 is 17.2 Å². The average molecular weight is 383 g/mol. The van der Waals surface area contributed by atoms with Gasteiger partial charge in [-0.2, -0.15) is 0 Å². The Hall–Kier alpha value is -2.13. The highest BCUT2D eigenvalue weighted by Gasteiger charge is 2.22. The molecule has 1 aliphatic heterocycles. The third kappa shape index (κ3) is 6.21. The first-order valence-corrected chi connectivity index (χ1v) is 10.2. The van der Waals surface area contributed by atoms with Gasteiger partial charge in [-0.3, -0.25) is 9.69 Å². The van der Waals surface area contributed by atoms with E-state index in [9.17, 15) is 9.90 Å². The van der Waals surface area contributed by atoms with Gasteiger partial charge in [-0.05, 0) is 62.9 Å². The van der Waals surface area contributed by atoms with Crippen molar-refractivity contribution in [1.29, 1.82) is 0 Å². The monoisotopic (exact) mass is 382 g/mol. The number of hydrogen-bond donors (Lipinski definition) is 2. The lowest BCUT2D eigenvalue weighted by Crippen LogP contribution is -2.47. The molecule has 2 aromatic rings. The van der Waals surface area contributed by atoms with E-state index in [1.54, 1.807) is 37.3 Å². The van der Waals surface area contributed by atoms with E-state index in [1.165, 1.54) is 4.88 Å². The van der Waals surface area contributed by atoms with Gasteiger partial charge in [0.05, 0.1) is 0 Å². The number of nitrogens with one attached hydrogen (secondary N) is 1. The number of hydrogen-bond acceptors (Lipinski definition) is 4. The van der Waals surface area contributed by atoms with E-state index in [2.05, 4.69) is 39.6 Å². The minimum Gasteiger partial charge on any atom is -0.378 e. The molecular formula is C22H26N2O2S. The van der Waals surface area contributed by atoms with Crippen molar-refractivity contribution in [3.05, 3.63) is 57.8 Å². The molecule has 1 atom stereocenters. The fourth-order valence-corrected chi connectivity index (χ4v) is 3.92. The van der Waals surface area contributed by atoms with Crippen LogP contribution in [0.2, 0.25) is 0 Å². The van der Waals surface area contributed by atoms with E-state index >= 15 is 0 Å². The summed E-state index contributed by atoms with van der Waals surface area (Å²) in [5, 5.41) is 15.0. The number of benzene rings is 1. The van der Waals surface area contributed by atoms with Gasteiger partial charge in [0.1, 0.15) is 5.60 Å². The highest BCUT2D eigenvalue weighted by Crippen LogP contribution is 2.17. The smallest absolute Gasteiger partial charge is 0.251 e. The van der Waals surface area contributed by atoms with E-state index in [1.807, 2.05) is 12.1 Å². The van der Waals surface area contributed by atoms with Gasteiger partial charge in [0.25, 0.3) is 5.91 Å². The molecule has 5 heteroatoms. The molecule has 0 aliphatic carbocycles. The maximum absolute atomic E-state index is 12.7. The van der Waals surface area contributed by atoms with Crippen molar-refractivity contribution < 1.29 is 9.90 Å². The van der Waals surface area contributed by atoms with Crippen LogP contribution in [0.25, 0.3) is 0 Å². The van der Waals surface area contributed by atoms with E-state index in [4.69, 9.17) is 0 Å². The molecule has 1 fully saturated rings. The molecule has 1 aromatic heterocycles. The number of carbonyl (C=O) groups is 1. The number of amides is 1. The summed E-state index contributed by atoms with van der Waals surface area (Å²) in [5.41, 5.74) is 0.285. The standard InChI is InChI=1S/C22H26N2O2S/c1-22(2,26)11-10-17-6-3-7-18(14-17)21(25)23-19-8-4-12-24(15-19)16-20-9-5-13-27-20/h3,5-7,9,13-14,19,26H,4,8,12,15-16H2,1-2H3,(H,23,25)/t19-/m1/s1. The molecule has 3 rings (SSSR count). The lowest BCUT2D eigenvalue weighted by Gasteiger charge is -2.32. The first-order chi connectivity index (χ1) is 12.9. The molecular weight excluding hydrogens is 356 g/mol. The molecule has 1 aliphatic rings. The van der Waals surface area contributed by atoms with Gasteiger partial charge in [0.2, 0.25) is 0 Å². The minimum atomic E-state index is -1.05. The summed E-state index contributed by atoms with van der Waals surface area (Å²) < 4.78 is 0. The fourth-order valence-electron chi connectivity index (χ4n) is 3.17. The Balaban J connectivity index is 1.60. The summed E-state index contributed by atoms with van der Waals surface area (Å²) >= 11 is 1.78. The van der Waals surface area contributed by atoms with Crippen molar-refractivity contribution in [2.45, 2.75) is 44.9 Å². The van der Waals surface area contributed by atoms with Crippen LogP contribution in [-0.2, 0) is 6.54 Å². The largest absolute Gasteiger partial charge is 0.378 e. The van der Waals surface area contributed by atoms with Crippen molar-refractivity contribution in [3.8, 4) is 11.8 Å². The zero-order valence-electron chi connectivity index (χ0n) is 15.9. The van der Waals surface area contributed by atoms with E-state index in [0.717, 1.165) is 38.0 Å². The Morgan fingerprint density at radius 1 is 1.37 bits per heavy atom. The Bertz CT molecular complexity index is 828. The molecule has 142 valence electrons. The van der Waals surface area contributed by atoms with Crippen LogP contribution in [0, 0.1) is 11.8 Å². The lowest BCUT2D eigenvalue weighted by molar-refractivity contribution is 0.0901. The summed E-state index contributed by atoms with van der Waals surface area (Å²) in [7, 11) is 0. The third-order valence-corrected chi connectivity index (χ3v) is 5.30. The second kappa shape index (κ2) is 8.71. The predicted molar refractivity (Wildman–Crippen MR) is 110 cm³/mol. The zero-order chi connectivity index (χ0) is 19.3. The van der Waals surface area contributed by atoms with Crippen molar-refractivity contribution in [3.63, 3.8) is 0 Å². The SMILES string of the molecule is CC(C)(O)C#Cc1cccc(C(=O)N[C@@H]2CCCN(Cc3cccs3)C2)c1. The van der Waals surface area contributed by atoms with Crippen molar-refractivity contribution in [1.82, 2.24) is 10.2 Å².